The summed E-state index contributed by atoms with van der Waals surface area (Å²) in [5.74, 6) is 0. The zero-order valence-electron chi connectivity index (χ0n) is 10.0. The first-order valence-electron chi connectivity index (χ1n) is 5.81. The molecule has 0 radical (unpaired) electrons. The predicted octanol–water partition coefficient (Wildman–Crippen LogP) is 2.76. The van der Waals surface area contributed by atoms with Crippen molar-refractivity contribution in [3.8, 4) is 6.07 Å². The average Bonchev–Trinajstić information content (AvgIpc) is 2.59. The van der Waals surface area contributed by atoms with Gasteiger partial charge in [-0.05, 0) is 18.6 Å². The molecular formula is C15H14N2. The van der Waals surface area contributed by atoms with E-state index in [1.54, 1.807) is 0 Å². The van der Waals surface area contributed by atoms with Crippen LogP contribution in [-0.4, -0.2) is 13.1 Å². The van der Waals surface area contributed by atoms with E-state index >= 15 is 0 Å². The molecule has 0 fully saturated rings. The van der Waals surface area contributed by atoms with Crippen LogP contribution in [0.25, 0.3) is 0 Å². The number of anilines is 1. The van der Waals surface area contributed by atoms with Gasteiger partial charge in [-0.15, -0.1) is 0 Å². The van der Waals surface area contributed by atoms with Gasteiger partial charge in [0.1, 0.15) is 6.07 Å². The third-order valence-electron chi connectivity index (χ3n) is 3.97. The quantitative estimate of drug-likeness (QED) is 0.675. The van der Waals surface area contributed by atoms with E-state index in [2.05, 4.69) is 55.3 Å². The van der Waals surface area contributed by atoms with Crippen LogP contribution in [0.3, 0.4) is 0 Å². The Hall–Kier alpha value is -2.01. The number of likely N-dealkylation sites (N-methyl/N-ethyl adjacent to an activating group) is 1. The predicted molar refractivity (Wildman–Crippen MR) is 69.0 cm³/mol. The van der Waals surface area contributed by atoms with Crippen LogP contribution in [-0.2, 0) is 5.41 Å². The van der Waals surface area contributed by atoms with Crippen molar-refractivity contribution < 1.29 is 0 Å². The number of fused-ring (bicyclic) bond motifs is 3. The summed E-state index contributed by atoms with van der Waals surface area (Å²) in [6.45, 7) is 2.24. The molecule has 0 spiro atoms. The fraction of sp³-hybridized carbons (Fsp3) is 0.267. The third kappa shape index (κ3) is 1.14. The lowest BCUT2D eigenvalue weighted by atomic mass is 9.76. The van der Waals surface area contributed by atoms with Gasteiger partial charge in [0.2, 0.25) is 0 Å². The number of nitriles is 1. The van der Waals surface area contributed by atoms with Gasteiger partial charge in [0.05, 0.1) is 17.3 Å². The minimum Gasteiger partial charge on any atom is -0.366 e. The van der Waals surface area contributed by atoms with Gasteiger partial charge in [-0.25, -0.2) is 0 Å². The fourth-order valence-corrected chi connectivity index (χ4v) is 3.09. The van der Waals surface area contributed by atoms with E-state index in [1.807, 2.05) is 12.1 Å². The number of rotatable bonds is 0. The van der Waals surface area contributed by atoms with E-state index in [0.717, 1.165) is 11.3 Å². The van der Waals surface area contributed by atoms with Crippen LogP contribution in [0.5, 0.6) is 0 Å². The summed E-state index contributed by atoms with van der Waals surface area (Å²) >= 11 is 0. The molecule has 1 aliphatic carbocycles. The van der Waals surface area contributed by atoms with E-state index in [4.69, 9.17) is 0 Å². The first-order valence-corrected chi connectivity index (χ1v) is 5.81. The highest BCUT2D eigenvalue weighted by molar-refractivity contribution is 5.74. The van der Waals surface area contributed by atoms with Gasteiger partial charge in [-0.2, -0.15) is 5.26 Å². The molecule has 0 saturated carbocycles. The highest BCUT2D eigenvalue weighted by Crippen LogP contribution is 2.48. The molecule has 84 valence electrons. The maximum absolute atomic E-state index is 9.22. The summed E-state index contributed by atoms with van der Waals surface area (Å²) in [5.41, 5.74) is 3.09. The van der Waals surface area contributed by atoms with Gasteiger partial charge >= 0.3 is 0 Å². The molecule has 0 bridgehead atoms. The highest BCUT2D eigenvalue weighted by atomic mass is 15.2. The zero-order valence-corrected chi connectivity index (χ0v) is 10.0. The molecule has 1 aliphatic heterocycles. The van der Waals surface area contributed by atoms with Crippen LogP contribution < -0.4 is 4.90 Å². The van der Waals surface area contributed by atoms with E-state index in [1.165, 1.54) is 5.56 Å². The van der Waals surface area contributed by atoms with Crippen LogP contribution in [0.15, 0.2) is 42.5 Å². The summed E-state index contributed by atoms with van der Waals surface area (Å²) in [6, 6.07) is 8.62. The van der Waals surface area contributed by atoms with Crippen LogP contribution in [0.4, 0.5) is 5.69 Å². The number of hydrogen-bond donors (Lipinski definition) is 0. The SMILES string of the molecule is CN1c2c(C#N)cccc2C2(C)C=CC=CC12. The molecule has 3 rings (SSSR count). The zero-order chi connectivity index (χ0) is 12.0. The maximum atomic E-state index is 9.22. The van der Waals surface area contributed by atoms with Crippen molar-refractivity contribution in [3.63, 3.8) is 0 Å². The number of para-hydroxylation sites is 1. The molecule has 1 heterocycles. The number of nitrogens with zero attached hydrogens (tertiary/aromatic N) is 2. The normalized spacial score (nSPS) is 28.8. The van der Waals surface area contributed by atoms with Crippen LogP contribution in [0, 0.1) is 11.3 Å². The molecule has 1 aromatic carbocycles. The Morgan fingerprint density at radius 2 is 2.18 bits per heavy atom. The number of hydrogen-bond acceptors (Lipinski definition) is 2. The van der Waals surface area contributed by atoms with E-state index in [-0.39, 0.29) is 5.41 Å². The van der Waals surface area contributed by atoms with Crippen molar-refractivity contribution in [2.24, 2.45) is 0 Å². The van der Waals surface area contributed by atoms with Crippen molar-refractivity contribution in [1.82, 2.24) is 0 Å². The Bertz CT molecular complexity index is 577. The summed E-state index contributed by atoms with van der Waals surface area (Å²) in [5, 5.41) is 9.22. The lowest BCUT2D eigenvalue weighted by Crippen LogP contribution is -2.39. The van der Waals surface area contributed by atoms with Gasteiger partial charge in [0.25, 0.3) is 0 Å². The third-order valence-corrected chi connectivity index (χ3v) is 3.97. The van der Waals surface area contributed by atoms with Gasteiger partial charge in [0, 0.05) is 12.5 Å². The topological polar surface area (TPSA) is 27.0 Å². The molecule has 17 heavy (non-hydrogen) atoms. The second kappa shape index (κ2) is 3.24. The lowest BCUT2D eigenvalue weighted by molar-refractivity contribution is 0.541. The van der Waals surface area contributed by atoms with Crippen molar-refractivity contribution in [3.05, 3.63) is 53.6 Å². The minimum absolute atomic E-state index is 0.00824. The van der Waals surface area contributed by atoms with Crippen molar-refractivity contribution in [2.45, 2.75) is 18.4 Å². The molecule has 2 heteroatoms. The van der Waals surface area contributed by atoms with Gasteiger partial charge < -0.3 is 4.90 Å². The molecule has 2 nitrogen and oxygen atoms in total. The molecule has 2 unspecified atom stereocenters. The van der Waals surface area contributed by atoms with E-state index in [9.17, 15) is 5.26 Å². The Morgan fingerprint density at radius 1 is 1.35 bits per heavy atom. The standard InChI is InChI=1S/C15H14N2/c1-15-9-4-3-8-13(15)17(2)14-11(10-16)6-5-7-12(14)15/h3-9,13H,1-2H3. The Morgan fingerprint density at radius 3 is 2.94 bits per heavy atom. The van der Waals surface area contributed by atoms with Crippen LogP contribution >= 0.6 is 0 Å². The first-order chi connectivity index (χ1) is 8.18. The summed E-state index contributed by atoms with van der Waals surface area (Å²) in [7, 11) is 2.07. The van der Waals surface area contributed by atoms with Gasteiger partial charge in [0.15, 0.2) is 0 Å². The summed E-state index contributed by atoms with van der Waals surface area (Å²) < 4.78 is 0. The summed E-state index contributed by atoms with van der Waals surface area (Å²) in [4.78, 5) is 2.22. The van der Waals surface area contributed by atoms with Crippen molar-refractivity contribution >= 4 is 5.69 Å². The van der Waals surface area contributed by atoms with E-state index in [0.29, 0.717) is 6.04 Å². The number of benzene rings is 1. The second-order valence-corrected chi connectivity index (χ2v) is 4.90. The molecule has 0 aromatic heterocycles. The molecular weight excluding hydrogens is 208 g/mol. The Balaban J connectivity index is 2.31. The maximum Gasteiger partial charge on any atom is 0.101 e. The number of allylic oxidation sites excluding steroid dienone is 2. The second-order valence-electron chi connectivity index (χ2n) is 4.90. The Kier molecular flexibility index (Phi) is 1.94. The minimum atomic E-state index is -0.00824. The monoisotopic (exact) mass is 222 g/mol. The molecule has 0 N–H and O–H groups in total. The van der Waals surface area contributed by atoms with Gasteiger partial charge in [-0.1, -0.05) is 36.4 Å². The molecule has 0 amide bonds. The smallest absolute Gasteiger partial charge is 0.101 e. The first kappa shape index (κ1) is 10.2. The van der Waals surface area contributed by atoms with Crippen LogP contribution in [0.1, 0.15) is 18.1 Å². The highest BCUT2D eigenvalue weighted by Gasteiger charge is 2.45. The van der Waals surface area contributed by atoms with E-state index < -0.39 is 0 Å². The fourth-order valence-electron chi connectivity index (χ4n) is 3.09. The van der Waals surface area contributed by atoms with Crippen LogP contribution in [0.2, 0.25) is 0 Å². The molecule has 2 aliphatic rings. The van der Waals surface area contributed by atoms with Gasteiger partial charge in [-0.3, -0.25) is 0 Å². The molecule has 0 saturated heterocycles. The Labute approximate surface area is 101 Å². The average molecular weight is 222 g/mol. The van der Waals surface area contributed by atoms with Crippen molar-refractivity contribution in [2.75, 3.05) is 11.9 Å². The molecule has 2 atom stereocenters. The lowest BCUT2D eigenvalue weighted by Gasteiger charge is -2.32. The van der Waals surface area contributed by atoms with Crippen molar-refractivity contribution in [1.29, 1.82) is 5.26 Å². The largest absolute Gasteiger partial charge is 0.366 e. The molecule has 1 aromatic rings. The summed E-state index contributed by atoms with van der Waals surface area (Å²) in [6.07, 6.45) is 8.63.